The molecule has 5 heteroatoms. The number of phenols is 1. The van der Waals surface area contributed by atoms with Crippen molar-refractivity contribution in [3.05, 3.63) is 66.7 Å². The third-order valence-corrected chi connectivity index (χ3v) is 5.65. The molecule has 0 spiro atoms. The molecule has 1 amide bonds. The number of piperazine rings is 1. The minimum atomic E-state index is -0.127. The van der Waals surface area contributed by atoms with Crippen molar-refractivity contribution in [3.63, 3.8) is 0 Å². The summed E-state index contributed by atoms with van der Waals surface area (Å²) in [5, 5.41) is 15.4. The monoisotopic (exact) mass is 376 g/mol. The summed E-state index contributed by atoms with van der Waals surface area (Å²) >= 11 is 0. The summed E-state index contributed by atoms with van der Waals surface area (Å²) in [6, 6.07) is 21.5. The number of nitrogens with one attached hydrogen (secondary N) is 2. The van der Waals surface area contributed by atoms with Crippen LogP contribution in [0.1, 0.15) is 6.92 Å². The summed E-state index contributed by atoms with van der Waals surface area (Å²) in [7, 11) is 0. The van der Waals surface area contributed by atoms with Crippen LogP contribution in [0.4, 0.5) is 11.4 Å². The second-order valence-electron chi connectivity index (χ2n) is 7.41. The van der Waals surface area contributed by atoms with Crippen LogP contribution in [0.25, 0.3) is 10.8 Å². The van der Waals surface area contributed by atoms with Crippen molar-refractivity contribution in [1.29, 1.82) is 0 Å². The maximum atomic E-state index is 12.8. The van der Waals surface area contributed by atoms with Crippen LogP contribution in [0.2, 0.25) is 0 Å². The zero-order valence-corrected chi connectivity index (χ0v) is 16.1. The van der Waals surface area contributed by atoms with Crippen LogP contribution in [0, 0.1) is 0 Å². The zero-order valence-electron chi connectivity index (χ0n) is 16.1. The molecule has 1 aliphatic heterocycles. The molecule has 28 heavy (non-hydrogen) atoms. The van der Waals surface area contributed by atoms with Crippen LogP contribution >= 0.6 is 0 Å². The highest BCUT2D eigenvalue weighted by Crippen LogP contribution is 2.26. The molecule has 0 aliphatic carbocycles. The van der Waals surface area contributed by atoms with E-state index in [-0.39, 0.29) is 11.9 Å². The molecule has 0 saturated carbocycles. The lowest BCUT2D eigenvalue weighted by molar-refractivity contribution is -0.914. The van der Waals surface area contributed by atoms with E-state index in [1.807, 2.05) is 55.5 Å². The number of phenolic OH excluding ortho intramolecular Hbond substituents is 1. The molecule has 1 heterocycles. The number of quaternary nitrogens is 1. The van der Waals surface area contributed by atoms with Gasteiger partial charge in [0, 0.05) is 5.69 Å². The van der Waals surface area contributed by atoms with E-state index in [2.05, 4.69) is 22.3 Å². The molecule has 0 aromatic heterocycles. The van der Waals surface area contributed by atoms with E-state index in [9.17, 15) is 9.90 Å². The second-order valence-corrected chi connectivity index (χ2v) is 7.41. The van der Waals surface area contributed by atoms with E-state index in [0.29, 0.717) is 5.75 Å². The SMILES string of the molecule is C[C@@H](C(=O)Nc1ccc2ccccc2c1)[NH+]1CCN(c2ccccc2O)CC1. The molecule has 1 fully saturated rings. The number of carbonyl (C=O) groups excluding carboxylic acids is 1. The van der Waals surface area contributed by atoms with Crippen LogP contribution in [0.3, 0.4) is 0 Å². The van der Waals surface area contributed by atoms with Gasteiger partial charge in [0.15, 0.2) is 6.04 Å². The fourth-order valence-electron chi connectivity index (χ4n) is 3.90. The number of amides is 1. The number of para-hydroxylation sites is 2. The van der Waals surface area contributed by atoms with E-state index in [0.717, 1.165) is 42.9 Å². The maximum absolute atomic E-state index is 12.8. The van der Waals surface area contributed by atoms with Crippen molar-refractivity contribution in [3.8, 4) is 5.75 Å². The highest BCUT2D eigenvalue weighted by atomic mass is 16.3. The molecule has 1 aliphatic rings. The van der Waals surface area contributed by atoms with Gasteiger partial charge < -0.3 is 20.2 Å². The Labute approximate surface area is 165 Å². The van der Waals surface area contributed by atoms with Gasteiger partial charge in [-0.2, -0.15) is 0 Å². The van der Waals surface area contributed by atoms with Gasteiger partial charge in [-0.25, -0.2) is 0 Å². The minimum Gasteiger partial charge on any atom is -0.506 e. The van der Waals surface area contributed by atoms with Crippen molar-refractivity contribution in [2.45, 2.75) is 13.0 Å². The number of nitrogens with zero attached hydrogens (tertiary/aromatic N) is 1. The Bertz CT molecular complexity index is 980. The summed E-state index contributed by atoms with van der Waals surface area (Å²) in [6.07, 6.45) is 0. The van der Waals surface area contributed by atoms with Crippen LogP contribution < -0.4 is 15.1 Å². The fraction of sp³-hybridized carbons (Fsp3) is 0.261. The van der Waals surface area contributed by atoms with E-state index < -0.39 is 0 Å². The smallest absolute Gasteiger partial charge is 0.282 e. The average molecular weight is 376 g/mol. The Morgan fingerprint density at radius 2 is 1.68 bits per heavy atom. The van der Waals surface area contributed by atoms with Gasteiger partial charge >= 0.3 is 0 Å². The summed E-state index contributed by atoms with van der Waals surface area (Å²) in [4.78, 5) is 16.2. The maximum Gasteiger partial charge on any atom is 0.282 e. The molecule has 0 radical (unpaired) electrons. The Hall–Kier alpha value is -3.05. The third kappa shape index (κ3) is 3.80. The van der Waals surface area contributed by atoms with Gasteiger partial charge in [-0.3, -0.25) is 4.79 Å². The van der Waals surface area contributed by atoms with E-state index in [1.54, 1.807) is 6.07 Å². The first-order chi connectivity index (χ1) is 13.6. The summed E-state index contributed by atoms with van der Waals surface area (Å²) in [5.74, 6) is 0.356. The molecule has 0 unspecified atom stereocenters. The van der Waals surface area contributed by atoms with E-state index >= 15 is 0 Å². The lowest BCUT2D eigenvalue weighted by Gasteiger charge is -2.36. The standard InChI is InChI=1S/C23H25N3O2/c1-17(23(28)24-20-11-10-18-6-2-3-7-19(18)16-20)25-12-14-26(15-13-25)21-8-4-5-9-22(21)27/h2-11,16-17,27H,12-15H2,1H3,(H,24,28)/p+1/t17-/m0/s1. The van der Waals surface area contributed by atoms with Crippen LogP contribution in [-0.2, 0) is 4.79 Å². The predicted molar refractivity (Wildman–Crippen MR) is 113 cm³/mol. The Morgan fingerprint density at radius 3 is 2.43 bits per heavy atom. The normalized spacial score (nSPS) is 16.1. The van der Waals surface area contributed by atoms with Crippen molar-refractivity contribution in [2.75, 3.05) is 36.4 Å². The molecular weight excluding hydrogens is 350 g/mol. The van der Waals surface area contributed by atoms with Crippen molar-refractivity contribution in [1.82, 2.24) is 0 Å². The third-order valence-electron chi connectivity index (χ3n) is 5.65. The van der Waals surface area contributed by atoms with Crippen LogP contribution in [0.15, 0.2) is 66.7 Å². The minimum absolute atomic E-state index is 0.0429. The van der Waals surface area contributed by atoms with Gasteiger partial charge in [0.2, 0.25) is 0 Å². The first-order valence-corrected chi connectivity index (χ1v) is 9.79. The van der Waals surface area contributed by atoms with E-state index in [4.69, 9.17) is 0 Å². The number of carbonyl (C=O) groups is 1. The van der Waals surface area contributed by atoms with Crippen LogP contribution in [-0.4, -0.2) is 43.2 Å². The molecule has 144 valence electrons. The van der Waals surface area contributed by atoms with Gasteiger partial charge in [-0.15, -0.1) is 0 Å². The van der Waals surface area contributed by atoms with Gasteiger partial charge in [0.25, 0.3) is 5.91 Å². The number of anilines is 2. The highest BCUT2D eigenvalue weighted by Gasteiger charge is 2.29. The number of hydrogen-bond acceptors (Lipinski definition) is 3. The lowest BCUT2D eigenvalue weighted by atomic mass is 10.1. The molecule has 1 saturated heterocycles. The fourth-order valence-corrected chi connectivity index (χ4v) is 3.90. The number of fused-ring (bicyclic) bond motifs is 1. The van der Waals surface area contributed by atoms with Gasteiger partial charge in [0.05, 0.1) is 31.9 Å². The lowest BCUT2D eigenvalue weighted by Crippen LogP contribution is -3.19. The molecule has 0 bridgehead atoms. The Balaban J connectivity index is 1.37. The quantitative estimate of drug-likeness (QED) is 0.655. The number of benzene rings is 3. The number of hydrogen-bond donors (Lipinski definition) is 3. The topological polar surface area (TPSA) is 57.0 Å². The van der Waals surface area contributed by atoms with E-state index in [1.165, 1.54) is 10.3 Å². The largest absolute Gasteiger partial charge is 0.506 e. The molecular formula is C23H26N3O2+. The summed E-state index contributed by atoms with van der Waals surface area (Å²) < 4.78 is 0. The average Bonchev–Trinajstić information content (AvgIpc) is 2.73. The van der Waals surface area contributed by atoms with Crippen molar-refractivity contribution >= 4 is 28.1 Å². The van der Waals surface area contributed by atoms with Crippen molar-refractivity contribution in [2.24, 2.45) is 0 Å². The summed E-state index contributed by atoms with van der Waals surface area (Å²) in [6.45, 7) is 5.35. The second kappa shape index (κ2) is 7.90. The molecule has 1 atom stereocenters. The van der Waals surface area contributed by atoms with Crippen molar-refractivity contribution < 1.29 is 14.8 Å². The molecule has 3 aromatic rings. The highest BCUT2D eigenvalue weighted by molar-refractivity contribution is 5.96. The number of rotatable bonds is 4. The molecule has 3 aromatic carbocycles. The first kappa shape index (κ1) is 18.3. The van der Waals surface area contributed by atoms with Gasteiger partial charge in [-0.1, -0.05) is 42.5 Å². The van der Waals surface area contributed by atoms with Gasteiger partial charge in [0.1, 0.15) is 5.75 Å². The Kier molecular flexibility index (Phi) is 5.17. The van der Waals surface area contributed by atoms with Gasteiger partial charge in [-0.05, 0) is 42.0 Å². The first-order valence-electron chi connectivity index (χ1n) is 9.79. The predicted octanol–water partition coefficient (Wildman–Crippen LogP) is 2.28. The molecule has 5 nitrogen and oxygen atoms in total. The Morgan fingerprint density at radius 1 is 1.00 bits per heavy atom. The van der Waals surface area contributed by atoms with Crippen LogP contribution in [0.5, 0.6) is 5.75 Å². The zero-order chi connectivity index (χ0) is 19.5. The number of aromatic hydroxyl groups is 1. The molecule has 4 rings (SSSR count). The molecule has 3 N–H and O–H groups in total. The summed E-state index contributed by atoms with van der Waals surface area (Å²) in [5.41, 5.74) is 1.71.